The number of carbonyl (C=O) groups excluding carboxylic acids is 1. The summed E-state index contributed by atoms with van der Waals surface area (Å²) in [5, 5.41) is 29.7. The number of rotatable bonds is 4. The SMILES string of the molecule is C[C@@H]1CC2=CC(=O)CCC2C2CC[C@@]3(C)C(CC[C@@]3(O)c3cn(CCCO)nn3)C21. The molecule has 4 aliphatic rings. The normalized spacial score (nSPS) is 43.0. The second-order valence-corrected chi connectivity index (χ2v) is 10.7. The van der Waals surface area contributed by atoms with Gasteiger partial charge in [-0.05, 0) is 80.6 Å². The summed E-state index contributed by atoms with van der Waals surface area (Å²) in [4.78, 5) is 12.0. The molecule has 6 heteroatoms. The molecular formula is C24H35N3O3. The van der Waals surface area contributed by atoms with Crippen molar-refractivity contribution in [1.82, 2.24) is 15.0 Å². The molecule has 164 valence electrons. The molecule has 0 radical (unpaired) electrons. The zero-order valence-electron chi connectivity index (χ0n) is 18.3. The van der Waals surface area contributed by atoms with Gasteiger partial charge in [0.05, 0.1) is 6.20 Å². The number of aromatic nitrogens is 3. The number of allylic oxidation sites excluding steroid dienone is 1. The first-order valence-electron chi connectivity index (χ1n) is 11.8. The van der Waals surface area contributed by atoms with Crippen LogP contribution in [0.25, 0.3) is 0 Å². The lowest BCUT2D eigenvalue weighted by Crippen LogP contribution is -2.53. The van der Waals surface area contributed by atoms with Crippen LogP contribution in [0.1, 0.15) is 70.9 Å². The number of hydrogen-bond donors (Lipinski definition) is 2. The molecule has 4 unspecified atom stereocenters. The molecule has 0 aromatic carbocycles. The summed E-state index contributed by atoms with van der Waals surface area (Å²) in [5.74, 6) is 3.17. The van der Waals surface area contributed by atoms with Gasteiger partial charge < -0.3 is 10.2 Å². The Labute approximate surface area is 178 Å². The predicted molar refractivity (Wildman–Crippen MR) is 112 cm³/mol. The van der Waals surface area contributed by atoms with E-state index in [2.05, 4.69) is 24.2 Å². The smallest absolute Gasteiger partial charge is 0.155 e. The molecule has 1 heterocycles. The number of aliphatic hydroxyl groups is 2. The highest BCUT2D eigenvalue weighted by Gasteiger charge is 2.64. The summed E-state index contributed by atoms with van der Waals surface area (Å²) in [6.45, 7) is 5.40. The van der Waals surface area contributed by atoms with E-state index in [1.807, 2.05) is 12.3 Å². The molecule has 3 fully saturated rings. The molecule has 5 rings (SSSR count). The highest BCUT2D eigenvalue weighted by atomic mass is 16.3. The summed E-state index contributed by atoms with van der Waals surface area (Å²) >= 11 is 0. The maximum absolute atomic E-state index is 12.0. The zero-order chi connectivity index (χ0) is 21.1. The average Bonchev–Trinajstić information content (AvgIpc) is 3.30. The molecule has 0 spiro atoms. The fraction of sp³-hybridized carbons (Fsp3) is 0.792. The molecule has 0 aliphatic heterocycles. The Morgan fingerprint density at radius 3 is 2.90 bits per heavy atom. The van der Waals surface area contributed by atoms with Crippen molar-refractivity contribution in [2.75, 3.05) is 6.61 Å². The van der Waals surface area contributed by atoms with Crippen molar-refractivity contribution >= 4 is 5.78 Å². The largest absolute Gasteiger partial charge is 0.396 e. The van der Waals surface area contributed by atoms with Crippen molar-refractivity contribution in [1.29, 1.82) is 0 Å². The summed E-state index contributed by atoms with van der Waals surface area (Å²) < 4.78 is 1.76. The van der Waals surface area contributed by atoms with Crippen LogP contribution in [0.2, 0.25) is 0 Å². The quantitative estimate of drug-likeness (QED) is 0.791. The van der Waals surface area contributed by atoms with Gasteiger partial charge in [-0.2, -0.15) is 0 Å². The van der Waals surface area contributed by atoms with E-state index in [0.717, 1.165) is 38.5 Å². The topological polar surface area (TPSA) is 88.2 Å². The third kappa shape index (κ3) is 2.86. The number of ketones is 1. The molecule has 1 aromatic rings. The van der Waals surface area contributed by atoms with Gasteiger partial charge in [0, 0.05) is 25.0 Å². The summed E-state index contributed by atoms with van der Waals surface area (Å²) in [5.41, 5.74) is 0.990. The maximum Gasteiger partial charge on any atom is 0.155 e. The van der Waals surface area contributed by atoms with Crippen molar-refractivity contribution in [2.24, 2.45) is 35.0 Å². The Morgan fingerprint density at radius 2 is 2.10 bits per heavy atom. The minimum Gasteiger partial charge on any atom is -0.396 e. The van der Waals surface area contributed by atoms with Gasteiger partial charge in [0.2, 0.25) is 0 Å². The maximum atomic E-state index is 12.0. The molecule has 1 aromatic heterocycles. The number of fused-ring (bicyclic) bond motifs is 5. The van der Waals surface area contributed by atoms with E-state index in [1.165, 1.54) is 5.57 Å². The Balaban J connectivity index is 1.44. The summed E-state index contributed by atoms with van der Waals surface area (Å²) in [7, 11) is 0. The van der Waals surface area contributed by atoms with Crippen molar-refractivity contribution < 1.29 is 15.0 Å². The van der Waals surface area contributed by atoms with Crippen LogP contribution in [-0.4, -0.2) is 37.6 Å². The predicted octanol–water partition coefficient (Wildman–Crippen LogP) is 3.24. The highest BCUT2D eigenvalue weighted by molar-refractivity contribution is 5.91. The van der Waals surface area contributed by atoms with Gasteiger partial charge in [0.25, 0.3) is 0 Å². The van der Waals surface area contributed by atoms with Gasteiger partial charge in [0.15, 0.2) is 5.78 Å². The molecule has 30 heavy (non-hydrogen) atoms. The van der Waals surface area contributed by atoms with E-state index < -0.39 is 5.60 Å². The van der Waals surface area contributed by atoms with E-state index in [0.29, 0.717) is 60.5 Å². The van der Waals surface area contributed by atoms with E-state index >= 15 is 0 Å². The molecule has 3 saturated carbocycles. The molecule has 4 aliphatic carbocycles. The molecule has 7 atom stereocenters. The number of hydrogen-bond acceptors (Lipinski definition) is 5. The Morgan fingerprint density at radius 1 is 1.27 bits per heavy atom. The second kappa shape index (κ2) is 7.27. The van der Waals surface area contributed by atoms with E-state index in [9.17, 15) is 9.90 Å². The van der Waals surface area contributed by atoms with Crippen molar-refractivity contribution in [3.63, 3.8) is 0 Å². The molecule has 0 saturated heterocycles. The first kappa shape index (κ1) is 20.4. The fourth-order valence-electron chi connectivity index (χ4n) is 7.86. The van der Waals surface area contributed by atoms with Crippen LogP contribution in [0.3, 0.4) is 0 Å². The van der Waals surface area contributed by atoms with E-state index in [-0.39, 0.29) is 12.0 Å². The van der Waals surface area contributed by atoms with Crippen LogP contribution in [0.4, 0.5) is 0 Å². The van der Waals surface area contributed by atoms with Gasteiger partial charge >= 0.3 is 0 Å². The van der Waals surface area contributed by atoms with Gasteiger partial charge in [-0.3, -0.25) is 9.48 Å². The fourth-order valence-corrected chi connectivity index (χ4v) is 7.86. The number of aryl methyl sites for hydroxylation is 1. The molecular weight excluding hydrogens is 378 g/mol. The third-order valence-corrected chi connectivity index (χ3v) is 9.30. The number of aliphatic hydroxyl groups excluding tert-OH is 1. The summed E-state index contributed by atoms with van der Waals surface area (Å²) in [6, 6.07) is 0. The van der Waals surface area contributed by atoms with Crippen LogP contribution >= 0.6 is 0 Å². The highest BCUT2D eigenvalue weighted by Crippen LogP contribution is 2.68. The van der Waals surface area contributed by atoms with Crippen LogP contribution in [0, 0.1) is 35.0 Å². The van der Waals surface area contributed by atoms with Gasteiger partial charge in [-0.25, -0.2) is 0 Å². The Hall–Kier alpha value is -1.53. The van der Waals surface area contributed by atoms with Crippen LogP contribution in [0.15, 0.2) is 17.8 Å². The first-order valence-corrected chi connectivity index (χ1v) is 11.8. The average molecular weight is 414 g/mol. The van der Waals surface area contributed by atoms with Crippen molar-refractivity contribution in [2.45, 2.75) is 77.4 Å². The first-order chi connectivity index (χ1) is 14.4. The lowest BCUT2D eigenvalue weighted by molar-refractivity contribution is -0.134. The Kier molecular flexibility index (Phi) is 4.93. The summed E-state index contributed by atoms with van der Waals surface area (Å²) in [6.07, 6.45) is 11.2. The van der Waals surface area contributed by atoms with Crippen LogP contribution < -0.4 is 0 Å². The van der Waals surface area contributed by atoms with Crippen molar-refractivity contribution in [3.05, 3.63) is 23.5 Å². The number of nitrogens with zero attached hydrogens (tertiary/aromatic N) is 3. The Bertz CT molecular complexity index is 864. The minimum atomic E-state index is -0.932. The zero-order valence-corrected chi connectivity index (χ0v) is 18.3. The molecule has 0 bridgehead atoms. The monoisotopic (exact) mass is 413 g/mol. The van der Waals surface area contributed by atoms with Crippen LogP contribution in [-0.2, 0) is 16.9 Å². The van der Waals surface area contributed by atoms with E-state index in [1.54, 1.807) is 4.68 Å². The third-order valence-electron chi connectivity index (χ3n) is 9.30. The standard InChI is InChI=1S/C24H35N3O3/c1-15-12-16-13-17(29)4-5-18(16)19-6-8-23(2)20(22(15)19)7-9-24(23,30)21-14-27(26-25-21)10-3-11-28/h13-15,18-20,22,28,30H,3-12H2,1-2H3/t15-,18?,19?,20?,22?,23+,24-/m1/s1. The lowest BCUT2D eigenvalue weighted by atomic mass is 9.48. The van der Waals surface area contributed by atoms with Gasteiger partial charge in [-0.15, -0.1) is 5.10 Å². The van der Waals surface area contributed by atoms with Gasteiger partial charge in [0.1, 0.15) is 11.3 Å². The van der Waals surface area contributed by atoms with Gasteiger partial charge in [-0.1, -0.05) is 24.6 Å². The molecule has 2 N–H and O–H groups in total. The lowest BCUT2D eigenvalue weighted by Gasteiger charge is -2.57. The molecule has 6 nitrogen and oxygen atoms in total. The van der Waals surface area contributed by atoms with Crippen LogP contribution in [0.5, 0.6) is 0 Å². The van der Waals surface area contributed by atoms with Crippen molar-refractivity contribution in [3.8, 4) is 0 Å². The number of carbonyl (C=O) groups is 1. The minimum absolute atomic E-state index is 0.128. The second-order valence-electron chi connectivity index (χ2n) is 10.7. The molecule has 0 amide bonds. The van der Waals surface area contributed by atoms with E-state index in [4.69, 9.17) is 5.11 Å².